The van der Waals surface area contributed by atoms with Gasteiger partial charge in [0.15, 0.2) is 0 Å². The maximum Gasteiger partial charge on any atom is 0.240 e. The smallest absolute Gasteiger partial charge is 0.240 e. The number of aryl methyl sites for hydroxylation is 2. The fourth-order valence-electron chi connectivity index (χ4n) is 2.71. The predicted molar refractivity (Wildman–Crippen MR) is 80.9 cm³/mol. The van der Waals surface area contributed by atoms with E-state index < -0.39 is 5.92 Å². The summed E-state index contributed by atoms with van der Waals surface area (Å²) < 4.78 is 5.79. The Balaban J connectivity index is 1.89. The lowest BCUT2D eigenvalue weighted by molar-refractivity contribution is -0.133. The number of amides is 1. The third-order valence-electron chi connectivity index (χ3n) is 3.93. The summed E-state index contributed by atoms with van der Waals surface area (Å²) in [6, 6.07) is 8.11. The van der Waals surface area contributed by atoms with Crippen molar-refractivity contribution >= 4 is 5.91 Å². The summed E-state index contributed by atoms with van der Waals surface area (Å²) in [5.41, 5.74) is 2.16. The number of nitrogens with zero attached hydrogens (tertiary/aromatic N) is 2. The molecular weight excluding hydrogens is 264 g/mol. The van der Waals surface area contributed by atoms with E-state index in [1.54, 1.807) is 4.90 Å². The fourth-order valence-corrected chi connectivity index (χ4v) is 2.71. The summed E-state index contributed by atoms with van der Waals surface area (Å²) in [7, 11) is 0. The molecule has 1 aliphatic rings. The Labute approximate surface area is 126 Å². The van der Waals surface area contributed by atoms with Crippen molar-refractivity contribution in [3.05, 3.63) is 29.3 Å². The Morgan fingerprint density at radius 2 is 1.95 bits per heavy atom. The highest BCUT2D eigenvalue weighted by molar-refractivity contribution is 5.81. The zero-order valence-electron chi connectivity index (χ0n) is 12.8. The van der Waals surface area contributed by atoms with Gasteiger partial charge in [-0.25, -0.2) is 0 Å². The molecular formula is C17H22N2O2. The Kier molecular flexibility index (Phi) is 5.21. The SMILES string of the molecule is Cc1cccc(C)c1OCCC(C#N)C(=O)N1CCCC1. The minimum absolute atomic E-state index is 0.0416. The molecule has 0 bridgehead atoms. The van der Waals surface area contributed by atoms with Gasteiger partial charge in [0.25, 0.3) is 0 Å². The summed E-state index contributed by atoms with van der Waals surface area (Å²) >= 11 is 0. The van der Waals surface area contributed by atoms with Crippen LogP contribution in [0.15, 0.2) is 18.2 Å². The van der Waals surface area contributed by atoms with Gasteiger partial charge in [-0.1, -0.05) is 18.2 Å². The highest BCUT2D eigenvalue weighted by Crippen LogP contribution is 2.23. The molecule has 1 aromatic rings. The van der Waals surface area contributed by atoms with Crippen molar-refractivity contribution in [2.75, 3.05) is 19.7 Å². The average Bonchev–Trinajstić information content (AvgIpc) is 3.00. The maximum absolute atomic E-state index is 12.2. The minimum atomic E-state index is -0.590. The van der Waals surface area contributed by atoms with Gasteiger partial charge >= 0.3 is 0 Å². The molecule has 1 heterocycles. The molecule has 1 aliphatic heterocycles. The van der Waals surface area contributed by atoms with E-state index in [0.717, 1.165) is 42.8 Å². The van der Waals surface area contributed by atoms with Crippen LogP contribution in [0.1, 0.15) is 30.4 Å². The van der Waals surface area contributed by atoms with Gasteiger partial charge < -0.3 is 9.64 Å². The summed E-state index contributed by atoms with van der Waals surface area (Å²) in [5, 5.41) is 9.21. The van der Waals surface area contributed by atoms with Gasteiger partial charge in [-0.05, 0) is 37.8 Å². The maximum atomic E-state index is 12.2. The van der Waals surface area contributed by atoms with Gasteiger partial charge in [0.1, 0.15) is 11.7 Å². The minimum Gasteiger partial charge on any atom is -0.493 e. The topological polar surface area (TPSA) is 53.3 Å². The molecule has 0 N–H and O–H groups in total. The van der Waals surface area contributed by atoms with Crippen LogP contribution in [0.3, 0.4) is 0 Å². The largest absolute Gasteiger partial charge is 0.493 e. The third kappa shape index (κ3) is 3.75. The summed E-state index contributed by atoms with van der Waals surface area (Å²) in [4.78, 5) is 14.0. The molecule has 1 unspecified atom stereocenters. The molecule has 112 valence electrons. The third-order valence-corrected chi connectivity index (χ3v) is 3.93. The molecule has 1 saturated heterocycles. The van der Waals surface area contributed by atoms with E-state index in [2.05, 4.69) is 6.07 Å². The molecule has 1 atom stereocenters. The van der Waals surface area contributed by atoms with Crippen LogP contribution >= 0.6 is 0 Å². The molecule has 0 saturated carbocycles. The number of carbonyl (C=O) groups is 1. The predicted octanol–water partition coefficient (Wildman–Crippen LogP) is 2.83. The van der Waals surface area contributed by atoms with E-state index >= 15 is 0 Å². The van der Waals surface area contributed by atoms with E-state index in [1.165, 1.54) is 0 Å². The number of likely N-dealkylation sites (tertiary alicyclic amines) is 1. The lowest BCUT2D eigenvalue weighted by atomic mass is 10.1. The van der Waals surface area contributed by atoms with Gasteiger partial charge in [-0.3, -0.25) is 4.79 Å². The molecule has 0 aromatic heterocycles. The monoisotopic (exact) mass is 286 g/mol. The first-order valence-electron chi connectivity index (χ1n) is 7.51. The van der Waals surface area contributed by atoms with E-state index in [1.807, 2.05) is 32.0 Å². The summed E-state index contributed by atoms with van der Waals surface area (Å²) in [5.74, 6) is 0.232. The van der Waals surface area contributed by atoms with Crippen molar-refractivity contribution in [1.82, 2.24) is 4.90 Å². The zero-order valence-corrected chi connectivity index (χ0v) is 12.8. The number of ether oxygens (including phenoxy) is 1. The zero-order chi connectivity index (χ0) is 15.2. The first kappa shape index (κ1) is 15.4. The quantitative estimate of drug-likeness (QED) is 0.836. The Morgan fingerprint density at radius 3 is 2.52 bits per heavy atom. The number of nitriles is 1. The Hall–Kier alpha value is -2.02. The number of benzene rings is 1. The molecule has 2 rings (SSSR count). The second-order valence-corrected chi connectivity index (χ2v) is 5.57. The van der Waals surface area contributed by atoms with Crippen molar-refractivity contribution in [3.63, 3.8) is 0 Å². The number of para-hydroxylation sites is 1. The van der Waals surface area contributed by atoms with Crippen molar-refractivity contribution < 1.29 is 9.53 Å². The van der Waals surface area contributed by atoms with E-state index in [-0.39, 0.29) is 5.91 Å². The Bertz CT molecular complexity index is 522. The van der Waals surface area contributed by atoms with Crippen LogP contribution in [-0.2, 0) is 4.79 Å². The van der Waals surface area contributed by atoms with Crippen LogP contribution < -0.4 is 4.74 Å². The summed E-state index contributed by atoms with van der Waals surface area (Å²) in [6.45, 7) is 5.96. The van der Waals surface area contributed by atoms with Crippen molar-refractivity contribution in [1.29, 1.82) is 5.26 Å². The molecule has 4 nitrogen and oxygen atoms in total. The molecule has 0 spiro atoms. The highest BCUT2D eigenvalue weighted by atomic mass is 16.5. The standard InChI is InChI=1S/C17H22N2O2/c1-13-6-5-7-14(2)16(13)21-11-8-15(12-18)17(20)19-9-3-4-10-19/h5-7,15H,3-4,8-11H2,1-2H3. The lowest BCUT2D eigenvalue weighted by Crippen LogP contribution is -2.33. The summed E-state index contributed by atoms with van der Waals surface area (Å²) in [6.07, 6.45) is 2.53. The van der Waals surface area contributed by atoms with Crippen LogP contribution in [0.2, 0.25) is 0 Å². The van der Waals surface area contributed by atoms with E-state index in [9.17, 15) is 10.1 Å². The molecule has 1 fully saturated rings. The normalized spacial score (nSPS) is 15.6. The van der Waals surface area contributed by atoms with E-state index in [4.69, 9.17) is 4.74 Å². The first-order valence-corrected chi connectivity index (χ1v) is 7.51. The van der Waals surface area contributed by atoms with Gasteiger partial charge in [0.2, 0.25) is 5.91 Å². The van der Waals surface area contributed by atoms with Crippen LogP contribution in [-0.4, -0.2) is 30.5 Å². The molecule has 0 radical (unpaired) electrons. The van der Waals surface area contributed by atoms with Crippen molar-refractivity contribution in [3.8, 4) is 11.8 Å². The lowest BCUT2D eigenvalue weighted by Gasteiger charge is -2.19. The van der Waals surface area contributed by atoms with Gasteiger partial charge in [-0.15, -0.1) is 0 Å². The second kappa shape index (κ2) is 7.12. The molecule has 21 heavy (non-hydrogen) atoms. The molecule has 0 aliphatic carbocycles. The van der Waals surface area contributed by atoms with E-state index in [0.29, 0.717) is 13.0 Å². The van der Waals surface area contributed by atoms with Gasteiger partial charge in [0, 0.05) is 19.5 Å². The molecule has 1 amide bonds. The van der Waals surface area contributed by atoms with Crippen LogP contribution in [0.5, 0.6) is 5.75 Å². The highest BCUT2D eigenvalue weighted by Gasteiger charge is 2.26. The second-order valence-electron chi connectivity index (χ2n) is 5.57. The van der Waals surface area contributed by atoms with Gasteiger partial charge in [-0.2, -0.15) is 5.26 Å². The van der Waals surface area contributed by atoms with Crippen molar-refractivity contribution in [2.24, 2.45) is 5.92 Å². The number of hydrogen-bond acceptors (Lipinski definition) is 3. The molecule has 1 aromatic carbocycles. The van der Waals surface area contributed by atoms with Gasteiger partial charge in [0.05, 0.1) is 12.7 Å². The number of carbonyl (C=O) groups excluding carboxylic acids is 1. The first-order chi connectivity index (χ1) is 10.1. The number of rotatable bonds is 5. The fraction of sp³-hybridized carbons (Fsp3) is 0.529. The van der Waals surface area contributed by atoms with Crippen LogP contribution in [0.25, 0.3) is 0 Å². The van der Waals surface area contributed by atoms with Crippen LogP contribution in [0, 0.1) is 31.1 Å². The Morgan fingerprint density at radius 1 is 1.33 bits per heavy atom. The van der Waals surface area contributed by atoms with Crippen molar-refractivity contribution in [2.45, 2.75) is 33.1 Å². The molecule has 4 heteroatoms. The average molecular weight is 286 g/mol. The van der Waals surface area contributed by atoms with Crippen LogP contribution in [0.4, 0.5) is 0 Å². The number of hydrogen-bond donors (Lipinski definition) is 0.